The molecule has 2 aromatic heterocycles. The van der Waals surface area contributed by atoms with Crippen molar-refractivity contribution in [2.45, 2.75) is 38.4 Å². The second kappa shape index (κ2) is 6.39. The van der Waals surface area contributed by atoms with Gasteiger partial charge in [0.15, 0.2) is 0 Å². The van der Waals surface area contributed by atoms with Crippen molar-refractivity contribution in [1.29, 1.82) is 0 Å². The summed E-state index contributed by atoms with van der Waals surface area (Å²) in [6.07, 6.45) is 8.89. The summed E-state index contributed by atoms with van der Waals surface area (Å²) in [4.78, 5) is 14.2. The molecule has 3 heterocycles. The minimum atomic E-state index is 0.221. The minimum Gasteiger partial charge on any atom is -0.356 e. The molecule has 128 valence electrons. The number of hydrogen-bond acceptors (Lipinski definition) is 4. The van der Waals surface area contributed by atoms with Gasteiger partial charge in [0.2, 0.25) is 5.91 Å². The zero-order chi connectivity index (χ0) is 16.5. The molecule has 4 rings (SSSR count). The first kappa shape index (κ1) is 15.4. The monoisotopic (exact) mass is 328 g/mol. The maximum Gasteiger partial charge on any atom is 0.223 e. The Morgan fingerprint density at radius 2 is 2.25 bits per heavy atom. The lowest BCUT2D eigenvalue weighted by Crippen LogP contribution is -2.39. The fourth-order valence-corrected chi connectivity index (χ4v) is 3.46. The minimum absolute atomic E-state index is 0.221. The van der Waals surface area contributed by atoms with Crippen LogP contribution in [0.5, 0.6) is 0 Å². The molecule has 0 aromatic carbocycles. The number of hydrogen-bond donors (Lipinski definition) is 1. The van der Waals surface area contributed by atoms with Crippen molar-refractivity contribution in [2.75, 3.05) is 13.1 Å². The first-order valence-corrected chi connectivity index (χ1v) is 8.69. The Bertz CT molecular complexity index is 716. The summed E-state index contributed by atoms with van der Waals surface area (Å²) in [6.45, 7) is 3.46. The summed E-state index contributed by atoms with van der Waals surface area (Å²) in [6, 6.07) is 2.39. The second-order valence-electron chi connectivity index (χ2n) is 6.97. The van der Waals surface area contributed by atoms with Crippen LogP contribution in [0.1, 0.15) is 36.6 Å². The number of fused-ring (bicyclic) bond motifs is 1. The smallest absolute Gasteiger partial charge is 0.223 e. The predicted octanol–water partition coefficient (Wildman–Crippen LogP) is 1.09. The largest absolute Gasteiger partial charge is 0.356 e. The van der Waals surface area contributed by atoms with Gasteiger partial charge in [0.1, 0.15) is 0 Å². The first-order chi connectivity index (χ1) is 11.7. The average molecular weight is 328 g/mol. The van der Waals surface area contributed by atoms with E-state index in [2.05, 4.69) is 37.4 Å². The van der Waals surface area contributed by atoms with Crippen molar-refractivity contribution in [1.82, 2.24) is 29.8 Å². The van der Waals surface area contributed by atoms with Gasteiger partial charge in [0.25, 0.3) is 0 Å². The third kappa shape index (κ3) is 3.36. The van der Waals surface area contributed by atoms with Crippen LogP contribution in [-0.4, -0.2) is 43.5 Å². The summed E-state index contributed by atoms with van der Waals surface area (Å²) < 4.78 is 3.97. The number of amides is 1. The normalized spacial score (nSPS) is 20.8. The number of carbonyl (C=O) groups excluding carboxylic acids is 1. The zero-order valence-corrected chi connectivity index (χ0v) is 14.1. The third-order valence-corrected chi connectivity index (χ3v) is 4.84. The van der Waals surface area contributed by atoms with Gasteiger partial charge < -0.3 is 5.32 Å². The number of aromatic nitrogens is 4. The summed E-state index contributed by atoms with van der Waals surface area (Å²) in [5.41, 5.74) is 2.47. The highest BCUT2D eigenvalue weighted by Gasteiger charge is 2.30. The molecule has 2 aromatic rings. The number of rotatable bonds is 6. The van der Waals surface area contributed by atoms with Gasteiger partial charge in [-0.15, -0.1) is 0 Å². The van der Waals surface area contributed by atoms with Gasteiger partial charge in [-0.25, -0.2) is 0 Å². The second-order valence-corrected chi connectivity index (χ2v) is 6.97. The Balaban J connectivity index is 1.38. The third-order valence-electron chi connectivity index (χ3n) is 4.84. The van der Waals surface area contributed by atoms with Crippen LogP contribution in [-0.2, 0) is 24.9 Å². The Morgan fingerprint density at radius 3 is 3.00 bits per heavy atom. The summed E-state index contributed by atoms with van der Waals surface area (Å²) >= 11 is 0. The van der Waals surface area contributed by atoms with Crippen LogP contribution in [0, 0.1) is 5.92 Å². The summed E-state index contributed by atoms with van der Waals surface area (Å²) in [7, 11) is 1.94. The van der Waals surface area contributed by atoms with Crippen molar-refractivity contribution < 1.29 is 4.79 Å². The molecular formula is C17H24N6O. The summed E-state index contributed by atoms with van der Waals surface area (Å²) in [5, 5.41) is 11.8. The van der Waals surface area contributed by atoms with Crippen LogP contribution in [0.15, 0.2) is 24.7 Å². The molecule has 2 aliphatic rings. The molecule has 1 fully saturated rings. The lowest BCUT2D eigenvalue weighted by atomic mass is 10.1. The first-order valence-electron chi connectivity index (χ1n) is 8.69. The van der Waals surface area contributed by atoms with Crippen LogP contribution < -0.4 is 5.32 Å². The van der Waals surface area contributed by atoms with Gasteiger partial charge in [-0.2, -0.15) is 10.2 Å². The van der Waals surface area contributed by atoms with Crippen LogP contribution in [0.25, 0.3) is 0 Å². The molecule has 0 spiro atoms. The topological polar surface area (TPSA) is 68.0 Å². The molecule has 7 heteroatoms. The van der Waals surface area contributed by atoms with Crippen molar-refractivity contribution in [3.63, 3.8) is 0 Å². The SMILES string of the molecule is Cn1cc(CN2Cc3ccnn3C(CCNC(=O)C3CC3)C2)cn1. The van der Waals surface area contributed by atoms with Crippen molar-refractivity contribution in [3.8, 4) is 0 Å². The fourth-order valence-electron chi connectivity index (χ4n) is 3.46. The van der Waals surface area contributed by atoms with Crippen LogP contribution in [0.3, 0.4) is 0 Å². The quantitative estimate of drug-likeness (QED) is 0.862. The summed E-state index contributed by atoms with van der Waals surface area (Å²) in [5.74, 6) is 0.498. The molecule has 0 bridgehead atoms. The average Bonchev–Trinajstić information content (AvgIpc) is 3.18. The molecule has 1 aliphatic carbocycles. The Morgan fingerprint density at radius 1 is 1.38 bits per heavy atom. The van der Waals surface area contributed by atoms with Crippen molar-refractivity contribution in [2.24, 2.45) is 13.0 Å². The molecule has 1 aliphatic heterocycles. The van der Waals surface area contributed by atoms with Gasteiger partial charge in [-0.1, -0.05) is 0 Å². The Hall–Kier alpha value is -2.15. The number of nitrogens with one attached hydrogen (secondary N) is 1. The van der Waals surface area contributed by atoms with E-state index in [0.717, 1.165) is 45.4 Å². The molecule has 1 atom stereocenters. The molecule has 24 heavy (non-hydrogen) atoms. The van der Waals surface area contributed by atoms with Crippen LogP contribution in [0.2, 0.25) is 0 Å². The Labute approximate surface area is 141 Å². The van der Waals surface area contributed by atoms with Crippen molar-refractivity contribution in [3.05, 3.63) is 35.9 Å². The predicted molar refractivity (Wildman–Crippen MR) is 88.9 cm³/mol. The standard InChI is InChI=1S/C17H24N6O/c1-21-9-13(8-20-21)10-22-11-15(23-16(12-22)5-7-19-23)4-6-18-17(24)14-2-3-14/h5,7-9,14-15H,2-4,6,10-12H2,1H3,(H,18,24). The number of carbonyl (C=O) groups is 1. The fraction of sp³-hybridized carbons (Fsp3) is 0.588. The maximum atomic E-state index is 11.8. The van der Waals surface area contributed by atoms with Crippen molar-refractivity contribution >= 4 is 5.91 Å². The molecule has 1 saturated carbocycles. The van der Waals surface area contributed by atoms with Gasteiger partial charge in [-0.05, 0) is 25.3 Å². The van der Waals surface area contributed by atoms with E-state index in [0.29, 0.717) is 6.04 Å². The molecule has 0 radical (unpaired) electrons. The van der Waals surface area contributed by atoms with E-state index >= 15 is 0 Å². The molecular weight excluding hydrogens is 304 g/mol. The number of aryl methyl sites for hydroxylation is 1. The Kier molecular flexibility index (Phi) is 4.10. The molecule has 1 amide bonds. The lowest BCUT2D eigenvalue weighted by Gasteiger charge is -2.33. The highest BCUT2D eigenvalue weighted by molar-refractivity contribution is 5.80. The van der Waals surface area contributed by atoms with Gasteiger partial charge in [0.05, 0.1) is 17.9 Å². The zero-order valence-electron chi connectivity index (χ0n) is 14.1. The lowest BCUT2D eigenvalue weighted by molar-refractivity contribution is -0.122. The van der Waals surface area contributed by atoms with E-state index in [4.69, 9.17) is 0 Å². The van der Waals surface area contributed by atoms with Gasteiger partial charge >= 0.3 is 0 Å². The van der Waals surface area contributed by atoms with E-state index < -0.39 is 0 Å². The molecule has 1 N–H and O–H groups in total. The highest BCUT2D eigenvalue weighted by atomic mass is 16.2. The highest BCUT2D eigenvalue weighted by Crippen LogP contribution is 2.29. The van der Waals surface area contributed by atoms with Gasteiger partial charge in [0, 0.05) is 57.1 Å². The van der Waals surface area contributed by atoms with E-state index in [1.807, 2.05) is 24.1 Å². The van der Waals surface area contributed by atoms with E-state index in [-0.39, 0.29) is 11.8 Å². The molecule has 1 unspecified atom stereocenters. The van der Waals surface area contributed by atoms with E-state index in [9.17, 15) is 4.79 Å². The van der Waals surface area contributed by atoms with E-state index in [1.165, 1.54) is 11.3 Å². The van der Waals surface area contributed by atoms with Gasteiger partial charge in [-0.3, -0.25) is 19.1 Å². The van der Waals surface area contributed by atoms with Crippen LogP contribution >= 0.6 is 0 Å². The molecule has 0 saturated heterocycles. The van der Waals surface area contributed by atoms with Crippen LogP contribution in [0.4, 0.5) is 0 Å². The van der Waals surface area contributed by atoms with E-state index in [1.54, 1.807) is 0 Å². The molecule has 7 nitrogen and oxygen atoms in total. The number of nitrogens with zero attached hydrogens (tertiary/aromatic N) is 5. The maximum absolute atomic E-state index is 11.8.